The van der Waals surface area contributed by atoms with Crippen molar-refractivity contribution in [1.29, 1.82) is 0 Å². The number of hydrogen-bond donors (Lipinski definition) is 2. The van der Waals surface area contributed by atoms with Gasteiger partial charge in [-0.1, -0.05) is 12.1 Å². The van der Waals surface area contributed by atoms with Crippen molar-refractivity contribution in [3.05, 3.63) is 45.3 Å². The van der Waals surface area contributed by atoms with Crippen LogP contribution >= 0.6 is 39.0 Å². The molecule has 6 heteroatoms. The molecule has 0 aliphatic rings. The molecule has 0 bridgehead atoms. The average molecular weight is 344 g/mol. The van der Waals surface area contributed by atoms with Gasteiger partial charge in [0.1, 0.15) is 0 Å². The van der Waals surface area contributed by atoms with Gasteiger partial charge in [0.05, 0.1) is 5.51 Å². The van der Waals surface area contributed by atoms with Crippen LogP contribution in [0.25, 0.3) is 0 Å². The maximum atomic E-state index is 5.60. The van der Waals surface area contributed by atoms with Gasteiger partial charge < -0.3 is 0 Å². The summed E-state index contributed by atoms with van der Waals surface area (Å²) >= 11 is 7.01. The smallest absolute Gasteiger partial charge is 0.0794 e. The number of nitrogens with one attached hydrogen (secondary N) is 1. The van der Waals surface area contributed by atoms with Crippen LogP contribution in [0.3, 0.4) is 0 Å². The number of thioether (sulfide) groups is 1. The normalized spacial score (nSPS) is 12.6. The van der Waals surface area contributed by atoms with Crippen LogP contribution in [-0.2, 0) is 6.42 Å². The Bertz CT molecular complexity index is 476. The fourth-order valence-corrected chi connectivity index (χ4v) is 3.78. The summed E-state index contributed by atoms with van der Waals surface area (Å²) in [6, 6.07) is 8.47. The number of aromatic nitrogens is 1. The SMILES string of the molecule is NNC(CSc1ccccc1Br)Cc1cncs1. The Labute approximate surface area is 123 Å². The lowest BCUT2D eigenvalue weighted by Gasteiger charge is -2.14. The first kappa shape index (κ1) is 14.0. The van der Waals surface area contributed by atoms with Gasteiger partial charge in [0, 0.05) is 38.7 Å². The second-order valence-electron chi connectivity index (χ2n) is 3.78. The van der Waals surface area contributed by atoms with Crippen LogP contribution in [0.15, 0.2) is 45.3 Å². The van der Waals surface area contributed by atoms with Gasteiger partial charge in [-0.25, -0.2) is 0 Å². The molecule has 1 unspecified atom stereocenters. The summed E-state index contributed by atoms with van der Waals surface area (Å²) < 4.78 is 1.13. The van der Waals surface area contributed by atoms with Crippen LogP contribution in [0.2, 0.25) is 0 Å². The average Bonchev–Trinajstić information content (AvgIpc) is 2.89. The van der Waals surface area contributed by atoms with Gasteiger partial charge >= 0.3 is 0 Å². The zero-order valence-corrected chi connectivity index (χ0v) is 12.9. The molecule has 2 aromatic rings. The molecule has 3 nitrogen and oxygen atoms in total. The highest BCUT2D eigenvalue weighted by Gasteiger charge is 2.10. The van der Waals surface area contributed by atoms with Crippen LogP contribution in [0.1, 0.15) is 4.88 Å². The monoisotopic (exact) mass is 343 g/mol. The topological polar surface area (TPSA) is 50.9 Å². The highest BCUT2D eigenvalue weighted by atomic mass is 79.9. The summed E-state index contributed by atoms with van der Waals surface area (Å²) in [5.74, 6) is 6.53. The number of hydrazine groups is 1. The van der Waals surface area contributed by atoms with Crippen molar-refractivity contribution in [3.8, 4) is 0 Å². The molecule has 1 aromatic carbocycles. The van der Waals surface area contributed by atoms with E-state index in [1.165, 1.54) is 9.77 Å². The standard InChI is InChI=1S/C12H14BrN3S2/c13-11-3-1-2-4-12(11)17-7-9(16-14)5-10-6-15-8-18-10/h1-4,6,8-9,16H,5,7,14H2. The zero-order chi connectivity index (χ0) is 12.8. The van der Waals surface area contributed by atoms with E-state index in [2.05, 4.69) is 38.5 Å². The van der Waals surface area contributed by atoms with Crippen molar-refractivity contribution in [2.45, 2.75) is 17.4 Å². The van der Waals surface area contributed by atoms with E-state index in [0.29, 0.717) is 0 Å². The lowest BCUT2D eigenvalue weighted by atomic mass is 10.2. The Kier molecular flexibility index (Phi) is 5.65. The number of hydrogen-bond acceptors (Lipinski definition) is 5. The Morgan fingerprint density at radius 2 is 2.28 bits per heavy atom. The third-order valence-corrected chi connectivity index (χ3v) is 5.44. The second kappa shape index (κ2) is 7.25. The quantitative estimate of drug-likeness (QED) is 0.480. The summed E-state index contributed by atoms with van der Waals surface area (Å²) in [5.41, 5.74) is 4.72. The van der Waals surface area contributed by atoms with Gasteiger partial charge in [0.2, 0.25) is 0 Å². The van der Waals surface area contributed by atoms with Crippen molar-refractivity contribution >= 4 is 39.0 Å². The number of thiazole rings is 1. The summed E-state index contributed by atoms with van der Waals surface area (Å²) in [7, 11) is 0. The van der Waals surface area contributed by atoms with Crippen LogP contribution < -0.4 is 11.3 Å². The molecular weight excluding hydrogens is 330 g/mol. The Hall–Kier alpha value is -0.400. The lowest BCUT2D eigenvalue weighted by Crippen LogP contribution is -2.38. The van der Waals surface area contributed by atoms with E-state index in [0.717, 1.165) is 16.6 Å². The summed E-state index contributed by atoms with van der Waals surface area (Å²) in [6.45, 7) is 0. The Balaban J connectivity index is 1.89. The molecule has 0 fully saturated rings. The van der Waals surface area contributed by atoms with E-state index in [-0.39, 0.29) is 6.04 Å². The molecule has 0 aliphatic carbocycles. The van der Waals surface area contributed by atoms with Crippen molar-refractivity contribution < 1.29 is 0 Å². The molecule has 0 saturated heterocycles. The fourth-order valence-electron chi connectivity index (χ4n) is 1.50. The Morgan fingerprint density at radius 1 is 1.44 bits per heavy atom. The second-order valence-corrected chi connectivity index (χ2v) is 6.66. The third kappa shape index (κ3) is 4.07. The van der Waals surface area contributed by atoms with Crippen molar-refractivity contribution in [2.24, 2.45) is 5.84 Å². The van der Waals surface area contributed by atoms with Crippen molar-refractivity contribution in [3.63, 3.8) is 0 Å². The minimum absolute atomic E-state index is 0.252. The van der Waals surface area contributed by atoms with Crippen LogP contribution in [-0.4, -0.2) is 16.8 Å². The molecule has 0 amide bonds. The highest BCUT2D eigenvalue weighted by molar-refractivity contribution is 9.10. The molecule has 0 spiro atoms. The molecule has 0 radical (unpaired) electrons. The van der Waals surface area contributed by atoms with Crippen LogP contribution in [0, 0.1) is 0 Å². The van der Waals surface area contributed by atoms with E-state index >= 15 is 0 Å². The predicted molar refractivity (Wildman–Crippen MR) is 81.8 cm³/mol. The van der Waals surface area contributed by atoms with Gasteiger partial charge in [-0.2, -0.15) is 0 Å². The maximum absolute atomic E-state index is 5.60. The third-order valence-electron chi connectivity index (χ3n) is 2.44. The van der Waals surface area contributed by atoms with E-state index in [9.17, 15) is 0 Å². The number of halogens is 1. The van der Waals surface area contributed by atoms with Gasteiger partial charge in [0.15, 0.2) is 0 Å². The maximum Gasteiger partial charge on any atom is 0.0794 e. The van der Waals surface area contributed by atoms with Crippen molar-refractivity contribution in [2.75, 3.05) is 5.75 Å². The molecular formula is C12H14BrN3S2. The van der Waals surface area contributed by atoms with Crippen molar-refractivity contribution in [1.82, 2.24) is 10.4 Å². The first-order chi connectivity index (χ1) is 8.79. The number of benzene rings is 1. The van der Waals surface area contributed by atoms with Gasteiger partial charge in [-0.05, 0) is 28.1 Å². The number of nitrogens with two attached hydrogens (primary N) is 1. The molecule has 2 rings (SSSR count). The molecule has 1 heterocycles. The molecule has 1 aromatic heterocycles. The van der Waals surface area contributed by atoms with Gasteiger partial charge in [-0.15, -0.1) is 23.1 Å². The first-order valence-corrected chi connectivity index (χ1v) is 8.16. The van der Waals surface area contributed by atoms with E-state index in [1.54, 1.807) is 23.1 Å². The van der Waals surface area contributed by atoms with E-state index < -0.39 is 0 Å². The molecule has 1 atom stereocenters. The van der Waals surface area contributed by atoms with E-state index in [4.69, 9.17) is 5.84 Å². The first-order valence-electron chi connectivity index (χ1n) is 5.50. The predicted octanol–water partition coefficient (Wildman–Crippen LogP) is 3.07. The molecule has 0 saturated carbocycles. The molecule has 18 heavy (non-hydrogen) atoms. The molecule has 3 N–H and O–H groups in total. The largest absolute Gasteiger partial charge is 0.271 e. The highest BCUT2D eigenvalue weighted by Crippen LogP contribution is 2.27. The zero-order valence-electron chi connectivity index (χ0n) is 9.67. The summed E-state index contributed by atoms with van der Waals surface area (Å²) in [6.07, 6.45) is 2.82. The molecule has 0 aliphatic heterocycles. The van der Waals surface area contributed by atoms with Crippen LogP contribution in [0.4, 0.5) is 0 Å². The van der Waals surface area contributed by atoms with Gasteiger partial charge in [-0.3, -0.25) is 16.3 Å². The minimum atomic E-state index is 0.252. The Morgan fingerprint density at radius 3 is 2.94 bits per heavy atom. The summed E-state index contributed by atoms with van der Waals surface area (Å²) in [5, 5.41) is 0. The minimum Gasteiger partial charge on any atom is -0.271 e. The molecule has 96 valence electrons. The fraction of sp³-hybridized carbons (Fsp3) is 0.250. The van der Waals surface area contributed by atoms with Gasteiger partial charge in [0.25, 0.3) is 0 Å². The van der Waals surface area contributed by atoms with Crippen LogP contribution in [0.5, 0.6) is 0 Å². The number of rotatable bonds is 6. The summed E-state index contributed by atoms with van der Waals surface area (Å²) in [4.78, 5) is 6.57. The van der Waals surface area contributed by atoms with E-state index in [1.807, 2.05) is 23.8 Å². The number of nitrogens with zero attached hydrogens (tertiary/aromatic N) is 1. The lowest BCUT2D eigenvalue weighted by molar-refractivity contribution is 0.579.